The highest BCUT2D eigenvalue weighted by Gasteiger charge is 2.31. The molecular weight excluding hydrogens is 202 g/mol. The Morgan fingerprint density at radius 2 is 1.50 bits per heavy atom. The lowest BCUT2D eigenvalue weighted by molar-refractivity contribution is -0.143. The van der Waals surface area contributed by atoms with Crippen molar-refractivity contribution in [3.8, 4) is 0 Å². The molecule has 2 rings (SSSR count). The lowest BCUT2D eigenvalue weighted by atomic mass is 9.85. The number of nitrogens with zero attached hydrogens (tertiary/aromatic N) is 1. The number of aliphatic carboxylic acids is 1. The average Bonchev–Trinajstić information content (AvgIpc) is 2.81. The van der Waals surface area contributed by atoms with E-state index in [0.29, 0.717) is 6.04 Å². The predicted molar refractivity (Wildman–Crippen MR) is 63.4 cm³/mol. The van der Waals surface area contributed by atoms with Crippen LogP contribution in [0.2, 0.25) is 0 Å². The van der Waals surface area contributed by atoms with Crippen molar-refractivity contribution in [3.63, 3.8) is 0 Å². The van der Waals surface area contributed by atoms with Crippen LogP contribution >= 0.6 is 0 Å². The van der Waals surface area contributed by atoms with Crippen LogP contribution in [0, 0.1) is 5.92 Å². The van der Waals surface area contributed by atoms with E-state index in [1.165, 1.54) is 25.7 Å². The predicted octanol–water partition coefficient (Wildman–Crippen LogP) is 2.50. The molecule has 2 saturated carbocycles. The minimum atomic E-state index is -0.595. The first-order chi connectivity index (χ1) is 7.68. The summed E-state index contributed by atoms with van der Waals surface area (Å²) in [5.41, 5.74) is 0. The molecule has 2 aliphatic rings. The molecule has 16 heavy (non-hydrogen) atoms. The Labute approximate surface area is 97.8 Å². The molecule has 0 aromatic heterocycles. The summed E-state index contributed by atoms with van der Waals surface area (Å²) in [4.78, 5) is 13.4. The van der Waals surface area contributed by atoms with Gasteiger partial charge in [0, 0.05) is 12.1 Å². The zero-order valence-corrected chi connectivity index (χ0v) is 10.2. The quantitative estimate of drug-likeness (QED) is 0.802. The smallest absolute Gasteiger partial charge is 0.306 e. The molecule has 0 spiro atoms. The zero-order valence-electron chi connectivity index (χ0n) is 10.2. The topological polar surface area (TPSA) is 40.5 Å². The lowest BCUT2D eigenvalue weighted by Crippen LogP contribution is -2.41. The van der Waals surface area contributed by atoms with Crippen LogP contribution in [0.15, 0.2) is 0 Å². The Kier molecular flexibility index (Phi) is 3.85. The molecule has 0 amide bonds. The molecule has 0 radical (unpaired) electrons. The van der Waals surface area contributed by atoms with Crippen LogP contribution in [0.4, 0.5) is 0 Å². The molecule has 2 aliphatic carbocycles. The summed E-state index contributed by atoms with van der Waals surface area (Å²) in [5, 5.41) is 8.96. The molecule has 1 N–H and O–H groups in total. The summed E-state index contributed by atoms with van der Waals surface area (Å²) in [7, 11) is 2.24. The van der Waals surface area contributed by atoms with Gasteiger partial charge >= 0.3 is 5.97 Å². The number of carbonyl (C=O) groups is 1. The van der Waals surface area contributed by atoms with Crippen LogP contribution in [-0.2, 0) is 4.79 Å². The van der Waals surface area contributed by atoms with E-state index in [2.05, 4.69) is 11.9 Å². The highest BCUT2D eigenvalue weighted by molar-refractivity contribution is 5.70. The Morgan fingerprint density at radius 1 is 1.00 bits per heavy atom. The molecule has 0 aromatic carbocycles. The Morgan fingerprint density at radius 3 is 2.00 bits per heavy atom. The first-order valence-electron chi connectivity index (χ1n) is 6.63. The third kappa shape index (κ3) is 2.57. The summed E-state index contributed by atoms with van der Waals surface area (Å²) in [5.74, 6) is -0.671. The first-order valence-corrected chi connectivity index (χ1v) is 6.63. The first kappa shape index (κ1) is 11.9. The van der Waals surface area contributed by atoms with Gasteiger partial charge in [-0.3, -0.25) is 4.79 Å². The second kappa shape index (κ2) is 5.17. The Hall–Kier alpha value is -0.570. The highest BCUT2D eigenvalue weighted by atomic mass is 16.4. The van der Waals surface area contributed by atoms with Crippen molar-refractivity contribution in [2.75, 3.05) is 7.05 Å². The minimum Gasteiger partial charge on any atom is -0.481 e. The van der Waals surface area contributed by atoms with Crippen LogP contribution in [0.5, 0.6) is 0 Å². The normalized spacial score (nSPS) is 32.1. The lowest BCUT2D eigenvalue weighted by Gasteiger charge is -2.37. The van der Waals surface area contributed by atoms with Gasteiger partial charge in [-0.15, -0.1) is 0 Å². The monoisotopic (exact) mass is 225 g/mol. The molecule has 0 saturated heterocycles. The number of rotatable bonds is 3. The van der Waals surface area contributed by atoms with Crippen molar-refractivity contribution in [2.24, 2.45) is 5.92 Å². The van der Waals surface area contributed by atoms with Gasteiger partial charge in [0.1, 0.15) is 0 Å². The van der Waals surface area contributed by atoms with E-state index in [4.69, 9.17) is 5.11 Å². The maximum atomic E-state index is 10.9. The van der Waals surface area contributed by atoms with E-state index in [1.54, 1.807) is 0 Å². The summed E-state index contributed by atoms with van der Waals surface area (Å²) in [6.07, 6.45) is 9.33. The molecule has 2 fully saturated rings. The summed E-state index contributed by atoms with van der Waals surface area (Å²) in [6, 6.07) is 1.41. The molecule has 0 heterocycles. The fraction of sp³-hybridized carbons (Fsp3) is 0.923. The van der Waals surface area contributed by atoms with Crippen LogP contribution in [0.25, 0.3) is 0 Å². The molecule has 92 valence electrons. The van der Waals surface area contributed by atoms with Crippen molar-refractivity contribution in [2.45, 2.75) is 63.5 Å². The summed E-state index contributed by atoms with van der Waals surface area (Å²) in [6.45, 7) is 0. The van der Waals surface area contributed by atoms with E-state index in [9.17, 15) is 4.79 Å². The number of hydrogen-bond donors (Lipinski definition) is 1. The fourth-order valence-electron chi connectivity index (χ4n) is 3.34. The van der Waals surface area contributed by atoms with Gasteiger partial charge in [0.05, 0.1) is 5.92 Å². The molecule has 0 aromatic rings. The SMILES string of the molecule is CN(C1CCCC1)C1CCC(C(=O)O)CC1. The fourth-order valence-corrected chi connectivity index (χ4v) is 3.34. The van der Waals surface area contributed by atoms with Gasteiger partial charge in [-0.2, -0.15) is 0 Å². The van der Waals surface area contributed by atoms with Gasteiger partial charge in [-0.25, -0.2) is 0 Å². The van der Waals surface area contributed by atoms with Gasteiger partial charge < -0.3 is 10.0 Å². The second-order valence-electron chi connectivity index (χ2n) is 5.45. The second-order valence-corrected chi connectivity index (χ2v) is 5.45. The molecule has 3 heteroatoms. The molecule has 0 atom stereocenters. The number of hydrogen-bond acceptors (Lipinski definition) is 2. The zero-order chi connectivity index (χ0) is 11.5. The summed E-state index contributed by atoms with van der Waals surface area (Å²) >= 11 is 0. The highest BCUT2D eigenvalue weighted by Crippen LogP contribution is 2.31. The van der Waals surface area contributed by atoms with E-state index in [-0.39, 0.29) is 5.92 Å². The van der Waals surface area contributed by atoms with Crippen molar-refractivity contribution in [3.05, 3.63) is 0 Å². The van der Waals surface area contributed by atoms with E-state index < -0.39 is 5.97 Å². The van der Waals surface area contributed by atoms with Gasteiger partial charge in [-0.1, -0.05) is 12.8 Å². The third-order valence-corrected chi connectivity index (χ3v) is 4.52. The maximum Gasteiger partial charge on any atom is 0.306 e. The standard InChI is InChI=1S/C13H23NO2/c1-14(11-4-2-3-5-11)12-8-6-10(7-9-12)13(15)16/h10-12H,2-9H2,1H3,(H,15,16). The third-order valence-electron chi connectivity index (χ3n) is 4.52. The molecule has 0 bridgehead atoms. The molecule has 0 unspecified atom stereocenters. The van der Waals surface area contributed by atoms with Gasteiger partial charge in [0.2, 0.25) is 0 Å². The number of carboxylic acid groups (broad SMARTS) is 1. The van der Waals surface area contributed by atoms with Crippen LogP contribution in [-0.4, -0.2) is 35.1 Å². The Balaban J connectivity index is 1.81. The number of carboxylic acids is 1. The van der Waals surface area contributed by atoms with Crippen molar-refractivity contribution in [1.82, 2.24) is 4.90 Å². The van der Waals surface area contributed by atoms with E-state index in [0.717, 1.165) is 31.7 Å². The van der Waals surface area contributed by atoms with Crippen LogP contribution in [0.3, 0.4) is 0 Å². The van der Waals surface area contributed by atoms with E-state index >= 15 is 0 Å². The van der Waals surface area contributed by atoms with Gasteiger partial charge in [-0.05, 0) is 45.6 Å². The van der Waals surface area contributed by atoms with Crippen molar-refractivity contribution in [1.29, 1.82) is 0 Å². The largest absolute Gasteiger partial charge is 0.481 e. The van der Waals surface area contributed by atoms with Gasteiger partial charge in [0.25, 0.3) is 0 Å². The van der Waals surface area contributed by atoms with Crippen LogP contribution in [0.1, 0.15) is 51.4 Å². The summed E-state index contributed by atoms with van der Waals surface area (Å²) < 4.78 is 0. The van der Waals surface area contributed by atoms with Gasteiger partial charge in [0.15, 0.2) is 0 Å². The Bertz CT molecular complexity index is 240. The molecule has 3 nitrogen and oxygen atoms in total. The molecular formula is C13H23NO2. The maximum absolute atomic E-state index is 10.9. The van der Waals surface area contributed by atoms with Crippen molar-refractivity contribution < 1.29 is 9.90 Å². The minimum absolute atomic E-state index is 0.0757. The van der Waals surface area contributed by atoms with Crippen molar-refractivity contribution >= 4 is 5.97 Å². The van der Waals surface area contributed by atoms with E-state index in [1.807, 2.05) is 0 Å². The van der Waals surface area contributed by atoms with Crippen LogP contribution < -0.4 is 0 Å². The average molecular weight is 225 g/mol. The molecule has 0 aliphatic heterocycles.